The molecule has 0 rings (SSSR count). The van der Waals surface area contributed by atoms with Gasteiger partial charge < -0.3 is 9.45 Å². The van der Waals surface area contributed by atoms with Crippen LogP contribution in [0.25, 0.3) is 0 Å². The smallest absolute Gasteiger partial charge is 0.747 e. The molecule has 1 amide bonds. The number of rotatable bonds is 17. The van der Waals surface area contributed by atoms with Gasteiger partial charge in [0.1, 0.15) is 16.0 Å². The third-order valence-electron chi connectivity index (χ3n) is 4.54. The van der Waals surface area contributed by atoms with Crippen molar-refractivity contribution in [3.63, 3.8) is 0 Å². The van der Waals surface area contributed by atoms with Crippen LogP contribution in [0.1, 0.15) is 104 Å². The Balaban J connectivity index is 0. The van der Waals surface area contributed by atoms with Gasteiger partial charge in [0.2, 0.25) is 5.91 Å². The molecular formula is C19H38NNaO4S. The molecule has 0 saturated heterocycles. The number of amides is 1. The predicted molar refractivity (Wildman–Crippen MR) is 102 cm³/mol. The van der Waals surface area contributed by atoms with Gasteiger partial charge in [-0.05, 0) is 6.42 Å². The van der Waals surface area contributed by atoms with Crippen molar-refractivity contribution < 1.29 is 47.3 Å². The maximum atomic E-state index is 11.3. The molecule has 0 fully saturated rings. The predicted octanol–water partition coefficient (Wildman–Crippen LogP) is 1.82. The van der Waals surface area contributed by atoms with Crippen LogP contribution in [0.5, 0.6) is 0 Å². The fourth-order valence-corrected chi connectivity index (χ4v) is 3.69. The zero-order valence-electron chi connectivity index (χ0n) is 17.3. The molecule has 0 spiro atoms. The zero-order chi connectivity index (χ0) is 19.0. The van der Waals surface area contributed by atoms with E-state index in [0.29, 0.717) is 6.54 Å². The molecule has 26 heavy (non-hydrogen) atoms. The van der Waals surface area contributed by atoms with E-state index in [0.717, 1.165) is 24.2 Å². The largest absolute Gasteiger partial charge is 1.00 e. The molecule has 0 atom stereocenters. The van der Waals surface area contributed by atoms with Gasteiger partial charge in [0.05, 0.1) is 0 Å². The number of hydrogen-bond donors (Lipinski definition) is 0. The fourth-order valence-electron chi connectivity index (χ4n) is 3.00. The quantitative estimate of drug-likeness (QED) is 0.212. The molecule has 0 aliphatic heterocycles. The summed E-state index contributed by atoms with van der Waals surface area (Å²) >= 11 is 0. The van der Waals surface area contributed by atoms with Crippen LogP contribution >= 0.6 is 0 Å². The van der Waals surface area contributed by atoms with Gasteiger partial charge in [-0.25, -0.2) is 8.42 Å². The number of unbranched alkanes of at least 4 members (excludes halogenated alkanes) is 13. The van der Waals surface area contributed by atoms with Crippen LogP contribution in [-0.4, -0.2) is 36.2 Å². The molecule has 0 bridgehead atoms. The third-order valence-corrected chi connectivity index (χ3v) is 5.17. The Morgan fingerprint density at radius 1 is 0.769 bits per heavy atom. The van der Waals surface area contributed by atoms with Crippen molar-refractivity contribution in [2.75, 3.05) is 12.4 Å². The first-order chi connectivity index (χ1) is 11.9. The van der Waals surface area contributed by atoms with Gasteiger partial charge in [-0.2, -0.15) is 0 Å². The van der Waals surface area contributed by atoms with Crippen molar-refractivity contribution in [2.24, 2.45) is 0 Å². The van der Waals surface area contributed by atoms with Crippen molar-refractivity contribution in [1.29, 1.82) is 0 Å². The van der Waals surface area contributed by atoms with Crippen molar-refractivity contribution >= 4 is 16.0 Å². The molecule has 0 saturated carbocycles. The standard InChI is InChI=1S/C19H39NO4S.Na/c1-3-4-5-6-7-8-9-10-11-12-13-14-15-16-17-20(19(2)21)18-25(22,23)24;/h3-18H2,1-2H3,(H,22,23,24);/q;+1/p-1. The van der Waals surface area contributed by atoms with Crippen molar-refractivity contribution in [3.8, 4) is 0 Å². The molecule has 0 aliphatic rings. The summed E-state index contributed by atoms with van der Waals surface area (Å²) in [6.07, 6.45) is 17.5. The van der Waals surface area contributed by atoms with E-state index >= 15 is 0 Å². The molecule has 0 unspecified atom stereocenters. The number of carbonyl (C=O) groups is 1. The second-order valence-electron chi connectivity index (χ2n) is 7.07. The van der Waals surface area contributed by atoms with Gasteiger partial charge in [0.15, 0.2) is 0 Å². The zero-order valence-corrected chi connectivity index (χ0v) is 20.1. The molecule has 0 heterocycles. The van der Waals surface area contributed by atoms with E-state index in [-0.39, 0.29) is 35.5 Å². The summed E-state index contributed by atoms with van der Waals surface area (Å²) in [4.78, 5) is 12.4. The van der Waals surface area contributed by atoms with E-state index in [4.69, 9.17) is 0 Å². The van der Waals surface area contributed by atoms with Gasteiger partial charge in [0.25, 0.3) is 0 Å². The van der Waals surface area contributed by atoms with Crippen LogP contribution < -0.4 is 29.6 Å². The Morgan fingerprint density at radius 2 is 1.12 bits per heavy atom. The summed E-state index contributed by atoms with van der Waals surface area (Å²) < 4.78 is 32.2. The van der Waals surface area contributed by atoms with Crippen LogP contribution in [0.4, 0.5) is 0 Å². The maximum absolute atomic E-state index is 11.3. The molecule has 0 N–H and O–H groups in total. The third kappa shape index (κ3) is 20.7. The minimum atomic E-state index is -4.38. The Hall–Kier alpha value is 0.380. The maximum Gasteiger partial charge on any atom is 1.00 e. The number of hydrogen-bond acceptors (Lipinski definition) is 4. The van der Waals surface area contributed by atoms with Crippen LogP contribution in [0.15, 0.2) is 0 Å². The first-order valence-corrected chi connectivity index (χ1v) is 11.6. The molecule has 0 aromatic rings. The Bertz CT molecular complexity index is 429. The molecule has 5 nitrogen and oxygen atoms in total. The summed E-state index contributed by atoms with van der Waals surface area (Å²) in [5, 5.41) is 0. The average molecular weight is 400 g/mol. The van der Waals surface area contributed by atoms with E-state index in [1.165, 1.54) is 77.6 Å². The van der Waals surface area contributed by atoms with Crippen LogP contribution in [0.3, 0.4) is 0 Å². The first kappa shape index (κ1) is 28.6. The monoisotopic (exact) mass is 399 g/mol. The molecule has 150 valence electrons. The average Bonchev–Trinajstić information content (AvgIpc) is 2.52. The van der Waals surface area contributed by atoms with E-state index in [2.05, 4.69) is 6.92 Å². The van der Waals surface area contributed by atoms with Gasteiger partial charge in [-0.15, -0.1) is 0 Å². The van der Waals surface area contributed by atoms with E-state index in [9.17, 15) is 17.8 Å². The Morgan fingerprint density at radius 3 is 1.42 bits per heavy atom. The summed E-state index contributed by atoms with van der Waals surface area (Å²) in [7, 11) is -4.38. The van der Waals surface area contributed by atoms with Crippen molar-refractivity contribution in [3.05, 3.63) is 0 Å². The number of nitrogens with zero attached hydrogens (tertiary/aromatic N) is 1. The molecule has 0 aromatic heterocycles. The van der Waals surface area contributed by atoms with Crippen LogP contribution in [-0.2, 0) is 14.9 Å². The van der Waals surface area contributed by atoms with Gasteiger partial charge in [0, 0.05) is 13.5 Å². The van der Waals surface area contributed by atoms with E-state index in [1.807, 2.05) is 0 Å². The molecule has 7 heteroatoms. The second-order valence-corrected chi connectivity index (χ2v) is 8.44. The van der Waals surface area contributed by atoms with Crippen molar-refractivity contribution in [2.45, 2.75) is 104 Å². The number of carbonyl (C=O) groups excluding carboxylic acids is 1. The molecule has 0 aromatic carbocycles. The van der Waals surface area contributed by atoms with E-state index in [1.54, 1.807) is 0 Å². The second kappa shape index (κ2) is 18.7. The summed E-state index contributed by atoms with van der Waals surface area (Å²) in [5.74, 6) is -1.06. The Labute approximate surface area is 183 Å². The van der Waals surface area contributed by atoms with Gasteiger partial charge in [-0.1, -0.05) is 90.4 Å². The SMILES string of the molecule is CCCCCCCCCCCCCCCCN(CS(=O)(=O)[O-])C(C)=O.[Na+]. The molecular weight excluding hydrogens is 361 g/mol. The fraction of sp³-hybridized carbons (Fsp3) is 0.947. The molecule has 0 aliphatic carbocycles. The Kier molecular flexibility index (Phi) is 20.6. The topological polar surface area (TPSA) is 77.5 Å². The summed E-state index contributed by atoms with van der Waals surface area (Å²) in [6, 6.07) is 0. The van der Waals surface area contributed by atoms with Crippen LogP contribution in [0.2, 0.25) is 0 Å². The van der Waals surface area contributed by atoms with Gasteiger partial charge in [-0.3, -0.25) is 4.79 Å². The van der Waals surface area contributed by atoms with Crippen molar-refractivity contribution in [1.82, 2.24) is 4.90 Å². The minimum Gasteiger partial charge on any atom is -0.747 e. The first-order valence-electron chi connectivity index (χ1n) is 10.1. The molecule has 0 radical (unpaired) electrons. The minimum absolute atomic E-state index is 0. The summed E-state index contributed by atoms with van der Waals surface area (Å²) in [6.45, 7) is 3.90. The van der Waals surface area contributed by atoms with Crippen LogP contribution in [0, 0.1) is 0 Å². The summed E-state index contributed by atoms with van der Waals surface area (Å²) in [5.41, 5.74) is 0. The van der Waals surface area contributed by atoms with E-state index < -0.39 is 16.0 Å². The normalized spacial score (nSPS) is 11.2. The van der Waals surface area contributed by atoms with Gasteiger partial charge >= 0.3 is 29.6 Å².